The third-order valence-corrected chi connectivity index (χ3v) is 1.01. The second kappa shape index (κ2) is 3.89. The van der Waals surface area contributed by atoms with Crippen molar-refractivity contribution in [3.05, 3.63) is 23.9 Å². The molecular weight excluding hydrogens is 114 g/mol. The van der Waals surface area contributed by atoms with Crippen LogP contribution in [0.1, 0.15) is 13.8 Å². The molecule has 50 valence electrons. The molecule has 0 aromatic rings. The van der Waals surface area contributed by atoms with Crippen LogP contribution in [0.3, 0.4) is 0 Å². The Morgan fingerprint density at radius 2 is 2.00 bits per heavy atom. The topological polar surface area (TPSA) is 43.1 Å². The second-order valence-electron chi connectivity index (χ2n) is 1.79. The molecular formula is C7H11NO. The summed E-state index contributed by atoms with van der Waals surface area (Å²) in [5, 5.41) is 0. The first-order valence-electron chi connectivity index (χ1n) is 2.74. The van der Waals surface area contributed by atoms with Crippen LogP contribution in [-0.4, -0.2) is 5.78 Å². The Morgan fingerprint density at radius 3 is 2.33 bits per heavy atom. The summed E-state index contributed by atoms with van der Waals surface area (Å²) in [5.74, 6) is 0.0769. The van der Waals surface area contributed by atoms with E-state index in [-0.39, 0.29) is 5.78 Å². The van der Waals surface area contributed by atoms with Crippen molar-refractivity contribution in [2.75, 3.05) is 0 Å². The lowest BCUT2D eigenvalue weighted by Gasteiger charge is -1.87. The third kappa shape index (κ3) is 3.53. The van der Waals surface area contributed by atoms with Crippen molar-refractivity contribution in [2.45, 2.75) is 13.8 Å². The van der Waals surface area contributed by atoms with E-state index in [1.807, 2.05) is 0 Å². The summed E-state index contributed by atoms with van der Waals surface area (Å²) in [6, 6.07) is 0. The van der Waals surface area contributed by atoms with Crippen molar-refractivity contribution >= 4 is 5.78 Å². The normalized spacial score (nSPS) is 12.4. The summed E-state index contributed by atoms with van der Waals surface area (Å²) in [7, 11) is 0. The molecule has 0 aromatic carbocycles. The van der Waals surface area contributed by atoms with Crippen molar-refractivity contribution < 1.29 is 4.79 Å². The van der Waals surface area contributed by atoms with E-state index in [0.29, 0.717) is 0 Å². The monoisotopic (exact) mass is 125 g/mol. The van der Waals surface area contributed by atoms with Gasteiger partial charge in [-0.05, 0) is 31.7 Å². The van der Waals surface area contributed by atoms with Gasteiger partial charge in [-0.15, -0.1) is 0 Å². The van der Waals surface area contributed by atoms with Gasteiger partial charge in [0.1, 0.15) is 0 Å². The molecule has 0 rings (SSSR count). The molecule has 2 nitrogen and oxygen atoms in total. The first kappa shape index (κ1) is 7.95. The van der Waals surface area contributed by atoms with Crippen molar-refractivity contribution in [3.8, 4) is 0 Å². The van der Waals surface area contributed by atoms with E-state index >= 15 is 0 Å². The zero-order chi connectivity index (χ0) is 7.28. The van der Waals surface area contributed by atoms with Gasteiger partial charge in [0, 0.05) is 0 Å². The number of allylic oxidation sites excluding steroid dienone is 3. The van der Waals surface area contributed by atoms with E-state index in [1.165, 1.54) is 13.1 Å². The minimum Gasteiger partial charge on any atom is -0.405 e. The minimum atomic E-state index is 0.0769. The largest absolute Gasteiger partial charge is 0.405 e. The summed E-state index contributed by atoms with van der Waals surface area (Å²) < 4.78 is 0. The zero-order valence-corrected chi connectivity index (χ0v) is 5.72. The molecule has 0 radical (unpaired) electrons. The van der Waals surface area contributed by atoms with Crippen LogP contribution in [0.15, 0.2) is 23.9 Å². The van der Waals surface area contributed by atoms with E-state index in [9.17, 15) is 4.79 Å². The number of rotatable bonds is 2. The average Bonchev–Trinajstić information content (AvgIpc) is 1.82. The van der Waals surface area contributed by atoms with Gasteiger partial charge in [0.05, 0.1) is 0 Å². The highest BCUT2D eigenvalue weighted by molar-refractivity contribution is 5.92. The Hall–Kier alpha value is -1.05. The number of Topliss-reactive ketones (excluding diaryl/α,β-unsaturated/α-hetero) is 1. The SMILES string of the molecule is CC(=O)/C(C)=C/C=C\N. The maximum absolute atomic E-state index is 10.5. The van der Waals surface area contributed by atoms with Gasteiger partial charge in [0.2, 0.25) is 0 Å². The van der Waals surface area contributed by atoms with Gasteiger partial charge in [-0.3, -0.25) is 4.79 Å². The Labute approximate surface area is 55.1 Å². The van der Waals surface area contributed by atoms with Crippen molar-refractivity contribution in [2.24, 2.45) is 5.73 Å². The quantitative estimate of drug-likeness (QED) is 0.442. The lowest BCUT2D eigenvalue weighted by atomic mass is 10.2. The number of hydrogen-bond donors (Lipinski definition) is 1. The van der Waals surface area contributed by atoms with Gasteiger partial charge >= 0.3 is 0 Å². The number of ketones is 1. The van der Waals surface area contributed by atoms with E-state index < -0.39 is 0 Å². The average molecular weight is 125 g/mol. The summed E-state index contributed by atoms with van der Waals surface area (Å²) in [6.45, 7) is 3.28. The minimum absolute atomic E-state index is 0.0769. The second-order valence-corrected chi connectivity index (χ2v) is 1.79. The van der Waals surface area contributed by atoms with Gasteiger partial charge in [0.25, 0.3) is 0 Å². The molecule has 0 atom stereocenters. The molecule has 0 heterocycles. The molecule has 0 saturated carbocycles. The lowest BCUT2D eigenvalue weighted by Crippen LogP contribution is -1.89. The van der Waals surface area contributed by atoms with Crippen LogP contribution < -0.4 is 5.73 Å². The number of carbonyl (C=O) groups excluding carboxylic acids is 1. The van der Waals surface area contributed by atoms with Gasteiger partial charge in [-0.25, -0.2) is 0 Å². The molecule has 9 heavy (non-hydrogen) atoms. The molecule has 0 aromatic heterocycles. The Balaban J connectivity index is 4.00. The van der Waals surface area contributed by atoms with Gasteiger partial charge in [-0.2, -0.15) is 0 Å². The Morgan fingerprint density at radius 1 is 1.44 bits per heavy atom. The first-order chi connectivity index (χ1) is 4.18. The number of nitrogens with two attached hydrogens (primary N) is 1. The van der Waals surface area contributed by atoms with Crippen LogP contribution in [0.4, 0.5) is 0 Å². The highest BCUT2D eigenvalue weighted by Gasteiger charge is 1.90. The fourth-order valence-corrected chi connectivity index (χ4v) is 0.317. The highest BCUT2D eigenvalue weighted by atomic mass is 16.1. The van der Waals surface area contributed by atoms with Gasteiger partial charge in [0.15, 0.2) is 5.78 Å². The fourth-order valence-electron chi connectivity index (χ4n) is 0.317. The predicted octanol–water partition coefficient (Wildman–Crippen LogP) is 0.994. The smallest absolute Gasteiger partial charge is 0.155 e. The standard InChI is InChI=1S/C7H11NO/c1-6(7(2)9)4-3-5-8/h3-5H,8H2,1-2H3/b5-3-,6-4+. The first-order valence-corrected chi connectivity index (χ1v) is 2.74. The number of hydrogen-bond acceptors (Lipinski definition) is 2. The maximum Gasteiger partial charge on any atom is 0.155 e. The molecule has 0 amide bonds. The van der Waals surface area contributed by atoms with E-state index in [0.717, 1.165) is 5.57 Å². The molecule has 0 spiro atoms. The van der Waals surface area contributed by atoms with Crippen LogP contribution in [-0.2, 0) is 4.79 Å². The van der Waals surface area contributed by atoms with Crippen LogP contribution >= 0.6 is 0 Å². The van der Waals surface area contributed by atoms with Crippen LogP contribution in [0.2, 0.25) is 0 Å². The molecule has 0 aliphatic carbocycles. The van der Waals surface area contributed by atoms with Crippen LogP contribution in [0.25, 0.3) is 0 Å². The molecule has 2 heteroatoms. The summed E-state index contributed by atoms with van der Waals surface area (Å²) >= 11 is 0. The van der Waals surface area contributed by atoms with Gasteiger partial charge < -0.3 is 5.73 Å². The zero-order valence-electron chi connectivity index (χ0n) is 5.72. The summed E-state index contributed by atoms with van der Waals surface area (Å²) in [4.78, 5) is 10.5. The molecule has 0 aliphatic heterocycles. The Bertz CT molecular complexity index is 156. The van der Waals surface area contributed by atoms with Gasteiger partial charge in [-0.1, -0.05) is 6.08 Å². The van der Waals surface area contributed by atoms with Crippen molar-refractivity contribution in [1.82, 2.24) is 0 Å². The van der Waals surface area contributed by atoms with E-state index in [4.69, 9.17) is 5.73 Å². The summed E-state index contributed by atoms with van der Waals surface area (Å²) in [5.41, 5.74) is 5.76. The maximum atomic E-state index is 10.5. The molecule has 0 bridgehead atoms. The molecule has 0 saturated heterocycles. The third-order valence-electron chi connectivity index (χ3n) is 1.01. The van der Waals surface area contributed by atoms with Crippen LogP contribution in [0.5, 0.6) is 0 Å². The Kier molecular flexibility index (Phi) is 3.44. The summed E-state index contributed by atoms with van der Waals surface area (Å²) in [6.07, 6.45) is 4.71. The van der Waals surface area contributed by atoms with E-state index in [1.54, 1.807) is 19.1 Å². The molecule has 0 unspecified atom stereocenters. The fraction of sp³-hybridized carbons (Fsp3) is 0.286. The number of carbonyl (C=O) groups is 1. The van der Waals surface area contributed by atoms with E-state index in [2.05, 4.69) is 0 Å². The highest BCUT2D eigenvalue weighted by Crippen LogP contribution is 1.92. The molecule has 0 fully saturated rings. The molecule has 2 N–H and O–H groups in total. The van der Waals surface area contributed by atoms with Crippen molar-refractivity contribution in [1.29, 1.82) is 0 Å². The lowest BCUT2D eigenvalue weighted by molar-refractivity contribution is -0.113. The van der Waals surface area contributed by atoms with Crippen LogP contribution in [0, 0.1) is 0 Å². The predicted molar refractivity (Wildman–Crippen MR) is 37.8 cm³/mol. The van der Waals surface area contributed by atoms with Crippen molar-refractivity contribution in [3.63, 3.8) is 0 Å². The molecule has 0 aliphatic rings.